The topological polar surface area (TPSA) is 40.6 Å². The van der Waals surface area contributed by atoms with Crippen molar-refractivity contribution in [3.05, 3.63) is 188 Å². The summed E-state index contributed by atoms with van der Waals surface area (Å²) in [6, 6.07) is 68.1. The molecule has 0 fully saturated rings. The van der Waals surface area contributed by atoms with Gasteiger partial charge in [-0.2, -0.15) is 4.98 Å². The van der Waals surface area contributed by atoms with Crippen molar-refractivity contribution in [2.45, 2.75) is 0 Å². The van der Waals surface area contributed by atoms with Gasteiger partial charge in [-0.05, 0) is 64.4 Å². The Morgan fingerprint density at radius 1 is 0.339 bits per heavy atom. The third-order valence-corrected chi connectivity index (χ3v) is 12.8. The van der Waals surface area contributed by atoms with E-state index in [0.29, 0.717) is 5.95 Å². The van der Waals surface area contributed by atoms with Crippen molar-refractivity contribution in [2.75, 3.05) is 0 Å². The lowest BCUT2D eigenvalue weighted by molar-refractivity contribution is 0.974. The van der Waals surface area contributed by atoms with Gasteiger partial charge in [0.15, 0.2) is 5.82 Å². The van der Waals surface area contributed by atoms with Gasteiger partial charge in [0.05, 0.1) is 49.7 Å². The highest BCUT2D eigenvalue weighted by Gasteiger charge is 2.29. The molecule has 5 nitrogen and oxygen atoms in total. The molecule has 0 amide bonds. The van der Waals surface area contributed by atoms with Gasteiger partial charge in [-0.15, -0.1) is 0 Å². The smallest absolute Gasteiger partial charge is 0.237 e. The zero-order valence-corrected chi connectivity index (χ0v) is 31.6. The van der Waals surface area contributed by atoms with E-state index < -0.39 is 0 Å². The van der Waals surface area contributed by atoms with Gasteiger partial charge in [-0.1, -0.05) is 146 Å². The molecule has 1 aliphatic rings. The SMILES string of the molecule is c1ccc2c(c1)-c1ccccc1-n1c3ccccc3c3cc4c(c-2c31)c1ccccc1n4-c1nc(-n2c3ccccc3c3ccccc32)c2c(ccc3ccccc32)n1. The molecule has 5 heteroatoms. The van der Waals surface area contributed by atoms with Crippen molar-refractivity contribution < 1.29 is 0 Å². The van der Waals surface area contributed by atoms with Crippen LogP contribution in [0.25, 0.3) is 127 Å². The molecule has 59 heavy (non-hydrogen) atoms. The lowest BCUT2D eigenvalue weighted by atomic mass is 9.91. The van der Waals surface area contributed by atoms with E-state index in [1.54, 1.807) is 0 Å². The van der Waals surface area contributed by atoms with Crippen LogP contribution in [-0.2, 0) is 0 Å². The summed E-state index contributed by atoms with van der Waals surface area (Å²) in [7, 11) is 0. The van der Waals surface area contributed by atoms with Crippen LogP contribution in [0.2, 0.25) is 0 Å². The number of hydrogen-bond acceptors (Lipinski definition) is 2. The van der Waals surface area contributed by atoms with Crippen molar-refractivity contribution >= 4 is 87.1 Å². The van der Waals surface area contributed by atoms with Gasteiger partial charge in [0.25, 0.3) is 0 Å². The van der Waals surface area contributed by atoms with Gasteiger partial charge in [0.1, 0.15) is 0 Å². The van der Waals surface area contributed by atoms with Crippen molar-refractivity contribution in [3.63, 3.8) is 0 Å². The second kappa shape index (κ2) is 11.3. The van der Waals surface area contributed by atoms with Gasteiger partial charge in [-0.3, -0.25) is 9.13 Å². The summed E-state index contributed by atoms with van der Waals surface area (Å²) in [5, 5.41) is 10.5. The monoisotopic (exact) mass is 749 g/mol. The summed E-state index contributed by atoms with van der Waals surface area (Å²) < 4.78 is 7.17. The molecule has 0 atom stereocenters. The van der Waals surface area contributed by atoms with E-state index in [1.807, 2.05) is 0 Å². The molecule has 1 aliphatic heterocycles. The minimum atomic E-state index is 0.635. The van der Waals surface area contributed by atoms with Crippen LogP contribution in [0.4, 0.5) is 0 Å². The maximum Gasteiger partial charge on any atom is 0.237 e. The largest absolute Gasteiger partial charge is 0.308 e. The van der Waals surface area contributed by atoms with E-state index in [4.69, 9.17) is 9.97 Å². The second-order valence-corrected chi connectivity index (χ2v) is 15.7. The van der Waals surface area contributed by atoms with Crippen molar-refractivity contribution in [1.82, 2.24) is 23.7 Å². The van der Waals surface area contributed by atoms with Gasteiger partial charge in [0, 0.05) is 43.4 Å². The number of nitrogens with zero attached hydrogens (tertiary/aromatic N) is 5. The molecule has 0 unspecified atom stereocenters. The molecule has 0 spiro atoms. The minimum absolute atomic E-state index is 0.635. The number of fused-ring (bicyclic) bond motifs is 18. The Morgan fingerprint density at radius 3 is 1.61 bits per heavy atom. The first-order valence-electron chi connectivity index (χ1n) is 20.2. The summed E-state index contributed by atoms with van der Waals surface area (Å²) >= 11 is 0. The molecule has 0 saturated heterocycles. The number of para-hydroxylation sites is 5. The predicted octanol–water partition coefficient (Wildman–Crippen LogP) is 13.7. The number of rotatable bonds is 2. The first kappa shape index (κ1) is 31.1. The summed E-state index contributed by atoms with van der Waals surface area (Å²) in [5.41, 5.74) is 13.8. The van der Waals surface area contributed by atoms with E-state index in [0.717, 1.165) is 54.9 Å². The molecule has 13 aromatic rings. The maximum absolute atomic E-state index is 5.76. The van der Waals surface area contributed by atoms with E-state index in [1.165, 1.54) is 65.9 Å². The number of aromatic nitrogens is 5. The Bertz CT molecular complexity index is 3920. The lowest BCUT2D eigenvalue weighted by Crippen LogP contribution is -2.07. The first-order chi connectivity index (χ1) is 29.3. The van der Waals surface area contributed by atoms with Crippen LogP contribution in [0.3, 0.4) is 0 Å². The van der Waals surface area contributed by atoms with Crippen LogP contribution in [0.5, 0.6) is 0 Å². The summed E-state index contributed by atoms with van der Waals surface area (Å²) in [6.07, 6.45) is 0. The second-order valence-electron chi connectivity index (χ2n) is 15.7. The first-order valence-corrected chi connectivity index (χ1v) is 20.2. The average Bonchev–Trinajstić information content (AvgIpc) is 3.90. The van der Waals surface area contributed by atoms with Gasteiger partial charge < -0.3 is 4.57 Å². The maximum atomic E-state index is 5.76. The zero-order chi connectivity index (χ0) is 38.3. The van der Waals surface area contributed by atoms with Crippen LogP contribution in [0.1, 0.15) is 0 Å². The Hall–Kier alpha value is -8.02. The van der Waals surface area contributed by atoms with E-state index >= 15 is 0 Å². The molecular formula is C54H31N5. The van der Waals surface area contributed by atoms with Gasteiger partial charge in [0.2, 0.25) is 5.95 Å². The Kier molecular flexibility index (Phi) is 5.96. The molecule has 0 bridgehead atoms. The fourth-order valence-corrected chi connectivity index (χ4v) is 10.4. The zero-order valence-electron chi connectivity index (χ0n) is 31.6. The van der Waals surface area contributed by atoms with Gasteiger partial charge >= 0.3 is 0 Å². The molecule has 0 radical (unpaired) electrons. The van der Waals surface area contributed by atoms with Crippen LogP contribution in [0.15, 0.2) is 188 Å². The molecule has 14 rings (SSSR count). The lowest BCUT2D eigenvalue weighted by Gasteiger charge is -2.16. The fourth-order valence-electron chi connectivity index (χ4n) is 10.4. The standard InChI is InChI=1S/C54H31N5/c1-2-16-33-32(15-1)29-30-42-49(33)53(58-45-26-12-6-19-36(45)37-20-7-13-27-46(37)58)56-54(55-42)59-47-28-14-9-23-40(47)50-48(59)31-41-38-21-8-11-25-44(38)57-43-24-10-5-18-35(43)34-17-3-4-22-39(34)51(50)52(41)57/h1-31H. The van der Waals surface area contributed by atoms with Crippen LogP contribution in [0, 0.1) is 0 Å². The highest BCUT2D eigenvalue weighted by Crippen LogP contribution is 2.51. The highest BCUT2D eigenvalue weighted by molar-refractivity contribution is 6.28. The van der Waals surface area contributed by atoms with Crippen molar-refractivity contribution in [2.24, 2.45) is 0 Å². The quantitative estimate of drug-likeness (QED) is 0.165. The molecule has 0 N–H and O–H groups in total. The fraction of sp³-hybridized carbons (Fsp3) is 0. The number of benzene rings is 9. The average molecular weight is 750 g/mol. The Labute approximate surface area is 337 Å². The third-order valence-electron chi connectivity index (χ3n) is 12.8. The Balaban J connectivity index is 1.20. The minimum Gasteiger partial charge on any atom is -0.308 e. The molecule has 0 saturated carbocycles. The number of hydrogen-bond donors (Lipinski definition) is 0. The third kappa shape index (κ3) is 3.98. The molecule has 9 aromatic carbocycles. The molecule has 272 valence electrons. The van der Waals surface area contributed by atoms with E-state index in [9.17, 15) is 0 Å². The van der Waals surface area contributed by atoms with Crippen molar-refractivity contribution in [1.29, 1.82) is 0 Å². The van der Waals surface area contributed by atoms with E-state index in [2.05, 4.69) is 202 Å². The Morgan fingerprint density at radius 2 is 0.881 bits per heavy atom. The van der Waals surface area contributed by atoms with Crippen molar-refractivity contribution in [3.8, 4) is 39.7 Å². The predicted molar refractivity (Wildman–Crippen MR) is 244 cm³/mol. The summed E-state index contributed by atoms with van der Waals surface area (Å²) in [5.74, 6) is 1.50. The summed E-state index contributed by atoms with van der Waals surface area (Å²) in [6.45, 7) is 0. The van der Waals surface area contributed by atoms with Gasteiger partial charge in [-0.25, -0.2) is 4.98 Å². The molecular weight excluding hydrogens is 719 g/mol. The van der Waals surface area contributed by atoms with Crippen LogP contribution >= 0.6 is 0 Å². The summed E-state index contributed by atoms with van der Waals surface area (Å²) in [4.78, 5) is 11.3. The molecule has 0 aliphatic carbocycles. The molecule has 4 aromatic heterocycles. The van der Waals surface area contributed by atoms with Crippen LogP contribution in [-0.4, -0.2) is 23.7 Å². The van der Waals surface area contributed by atoms with E-state index in [-0.39, 0.29) is 0 Å². The molecule has 5 heterocycles. The van der Waals surface area contributed by atoms with Crippen LogP contribution < -0.4 is 0 Å². The normalized spacial score (nSPS) is 12.4. The highest BCUT2D eigenvalue weighted by atomic mass is 15.2.